The minimum atomic E-state index is -1.69. The highest BCUT2D eigenvalue weighted by Crippen LogP contribution is 2.14. The van der Waals surface area contributed by atoms with Gasteiger partial charge in [0.15, 0.2) is 0 Å². The van der Waals surface area contributed by atoms with Gasteiger partial charge in [-0.3, -0.25) is 57.5 Å². The van der Waals surface area contributed by atoms with Crippen LogP contribution in [0.15, 0.2) is 24.3 Å². The number of phenolic OH excluding ortho intramolecular Hbond substituents is 1. The van der Waals surface area contributed by atoms with Crippen molar-refractivity contribution in [3.63, 3.8) is 0 Å². The number of carbonyl (C=O) groups excluding carboxylic acids is 12. The first-order valence-corrected chi connectivity index (χ1v) is 21.8. The highest BCUT2D eigenvalue weighted by molar-refractivity contribution is 5.98. The van der Waals surface area contributed by atoms with E-state index in [1.807, 2.05) is 0 Å². The third-order valence-corrected chi connectivity index (χ3v) is 10.6. The highest BCUT2D eigenvalue weighted by atomic mass is 16.3. The number of nitrogens with zero attached hydrogens (tertiary/aromatic N) is 1. The SMILES string of the molecule is CCC[C@H](NC(=O)CN(C)C(=O)[C@@H]1CNC(=O)CCC(=O)N[C@@H](Cc2ccc(O)cc2)C(=O)N[C@@H]([C@@H](C)CC)C(=O)N[C@@H](CCC(N)=O)C(=O)N[C@@H](CCC(N)=O)C(=O)N1)C(=O)NCC(N)=O. The topological polar surface area (TPSA) is 403 Å². The molecule has 370 valence electrons. The maximum absolute atomic E-state index is 14.0. The van der Waals surface area contributed by atoms with Crippen LogP contribution >= 0.6 is 0 Å². The van der Waals surface area contributed by atoms with E-state index in [2.05, 4.69) is 42.5 Å². The number of nitrogens with two attached hydrogens (primary N) is 3. The van der Waals surface area contributed by atoms with Crippen molar-refractivity contribution in [3.8, 4) is 5.75 Å². The molecule has 15 N–H and O–H groups in total. The zero-order valence-corrected chi connectivity index (χ0v) is 38.1. The Kier molecular flexibility index (Phi) is 23.2. The predicted molar refractivity (Wildman–Crippen MR) is 237 cm³/mol. The van der Waals surface area contributed by atoms with Crippen LogP contribution in [0.4, 0.5) is 0 Å². The lowest BCUT2D eigenvalue weighted by atomic mass is 9.96. The Labute approximate surface area is 386 Å². The first-order chi connectivity index (χ1) is 31.5. The van der Waals surface area contributed by atoms with E-state index in [-0.39, 0.29) is 18.6 Å². The van der Waals surface area contributed by atoms with Crippen LogP contribution in [0, 0.1) is 5.92 Å². The van der Waals surface area contributed by atoms with Crippen molar-refractivity contribution < 1.29 is 62.6 Å². The monoisotopic (exact) mass is 944 g/mol. The van der Waals surface area contributed by atoms with E-state index < -0.39 is 171 Å². The molecule has 25 nitrogen and oxygen atoms in total. The highest BCUT2D eigenvalue weighted by Gasteiger charge is 2.36. The number of benzene rings is 1. The first kappa shape index (κ1) is 55.8. The van der Waals surface area contributed by atoms with E-state index in [1.165, 1.54) is 31.3 Å². The largest absolute Gasteiger partial charge is 0.508 e. The van der Waals surface area contributed by atoms with Gasteiger partial charge in [-0.1, -0.05) is 45.7 Å². The molecule has 1 heterocycles. The summed E-state index contributed by atoms with van der Waals surface area (Å²) in [7, 11) is 1.18. The number of likely N-dealkylation sites (N-methyl/N-ethyl adjacent to an activating group) is 1. The van der Waals surface area contributed by atoms with Gasteiger partial charge in [0, 0.05) is 45.7 Å². The molecule has 1 saturated heterocycles. The van der Waals surface area contributed by atoms with Crippen LogP contribution in [0.2, 0.25) is 0 Å². The summed E-state index contributed by atoms with van der Waals surface area (Å²) in [6, 6.07) is -2.97. The molecule has 1 aromatic carbocycles. The third kappa shape index (κ3) is 20.2. The van der Waals surface area contributed by atoms with Gasteiger partial charge in [0.1, 0.15) is 42.0 Å². The Morgan fingerprint density at radius 3 is 1.85 bits per heavy atom. The maximum atomic E-state index is 14.0. The van der Waals surface area contributed by atoms with Crippen LogP contribution < -0.4 is 59.7 Å². The van der Waals surface area contributed by atoms with Gasteiger partial charge >= 0.3 is 0 Å². The fourth-order valence-corrected chi connectivity index (χ4v) is 6.60. The van der Waals surface area contributed by atoms with E-state index in [9.17, 15) is 62.6 Å². The number of primary amides is 3. The summed E-state index contributed by atoms with van der Waals surface area (Å²) >= 11 is 0. The zero-order valence-electron chi connectivity index (χ0n) is 38.1. The predicted octanol–water partition coefficient (Wildman–Crippen LogP) is -4.81. The van der Waals surface area contributed by atoms with Crippen LogP contribution in [-0.2, 0) is 64.0 Å². The lowest BCUT2D eigenvalue weighted by molar-refractivity contribution is -0.140. The van der Waals surface area contributed by atoms with Gasteiger partial charge < -0.3 is 69.7 Å². The molecule has 0 bridgehead atoms. The molecule has 0 unspecified atom stereocenters. The lowest BCUT2D eigenvalue weighted by Gasteiger charge is -2.30. The van der Waals surface area contributed by atoms with E-state index in [0.717, 1.165) is 4.90 Å². The average molecular weight is 945 g/mol. The lowest BCUT2D eigenvalue weighted by Crippen LogP contribution is -2.61. The first-order valence-electron chi connectivity index (χ1n) is 21.8. The number of nitrogens with one attached hydrogen (secondary N) is 8. The number of aromatic hydroxyl groups is 1. The Balaban J connectivity index is 2.60. The van der Waals surface area contributed by atoms with Crippen molar-refractivity contribution in [2.24, 2.45) is 23.1 Å². The molecule has 0 aliphatic carbocycles. The number of rotatable bonds is 19. The molecule has 1 aromatic rings. The maximum Gasteiger partial charge on any atom is 0.247 e. The summed E-state index contributed by atoms with van der Waals surface area (Å²) < 4.78 is 0. The summed E-state index contributed by atoms with van der Waals surface area (Å²) in [6.07, 6.45) is -1.98. The van der Waals surface area contributed by atoms with Crippen molar-refractivity contribution in [1.82, 2.24) is 47.4 Å². The number of amides is 12. The summed E-state index contributed by atoms with van der Waals surface area (Å²) in [5.41, 5.74) is 16.3. The molecule has 1 aliphatic heterocycles. The Morgan fingerprint density at radius 2 is 1.30 bits per heavy atom. The van der Waals surface area contributed by atoms with Gasteiger partial charge in [-0.25, -0.2) is 0 Å². The number of phenols is 1. The van der Waals surface area contributed by atoms with Crippen molar-refractivity contribution in [2.75, 3.05) is 26.7 Å². The molecule has 0 saturated carbocycles. The Morgan fingerprint density at radius 1 is 0.746 bits per heavy atom. The smallest absolute Gasteiger partial charge is 0.247 e. The van der Waals surface area contributed by atoms with Crippen LogP contribution in [-0.4, -0.2) is 144 Å². The van der Waals surface area contributed by atoms with Crippen LogP contribution in [0.5, 0.6) is 5.75 Å². The average Bonchev–Trinajstić information content (AvgIpc) is 3.26. The van der Waals surface area contributed by atoms with E-state index >= 15 is 0 Å². The molecular weight excluding hydrogens is 881 g/mol. The Bertz CT molecular complexity index is 1980. The molecule has 2 rings (SSSR count). The molecule has 1 fully saturated rings. The second kappa shape index (κ2) is 27.9. The molecule has 7 atom stereocenters. The molecule has 25 heteroatoms. The summed E-state index contributed by atoms with van der Waals surface area (Å²) in [6.45, 7) is 3.26. The summed E-state index contributed by atoms with van der Waals surface area (Å²) in [4.78, 5) is 158. The van der Waals surface area contributed by atoms with Crippen LogP contribution in [0.1, 0.15) is 84.1 Å². The fourth-order valence-electron chi connectivity index (χ4n) is 6.60. The van der Waals surface area contributed by atoms with Crippen molar-refractivity contribution >= 4 is 70.9 Å². The summed E-state index contributed by atoms with van der Waals surface area (Å²) in [5, 5.41) is 29.6. The second-order valence-electron chi connectivity index (χ2n) is 16.1. The van der Waals surface area contributed by atoms with Gasteiger partial charge in [0.05, 0.1) is 13.1 Å². The van der Waals surface area contributed by atoms with Crippen molar-refractivity contribution in [1.29, 1.82) is 0 Å². The quantitative estimate of drug-likeness (QED) is 0.0621. The molecule has 0 aromatic heterocycles. The van der Waals surface area contributed by atoms with Crippen LogP contribution in [0.3, 0.4) is 0 Å². The summed E-state index contributed by atoms with van der Waals surface area (Å²) in [5.74, 6) is -11.2. The number of hydrogen-bond acceptors (Lipinski definition) is 13. The second-order valence-corrected chi connectivity index (χ2v) is 16.1. The van der Waals surface area contributed by atoms with Crippen LogP contribution in [0.25, 0.3) is 0 Å². The number of hydrogen-bond donors (Lipinski definition) is 12. The molecule has 0 spiro atoms. The molecule has 12 amide bonds. The van der Waals surface area contributed by atoms with E-state index in [1.54, 1.807) is 20.8 Å². The minimum absolute atomic E-state index is 0.0658. The minimum Gasteiger partial charge on any atom is -0.508 e. The zero-order chi connectivity index (χ0) is 50.4. The van der Waals surface area contributed by atoms with E-state index in [4.69, 9.17) is 17.2 Å². The molecule has 67 heavy (non-hydrogen) atoms. The standard InChI is InChI=1S/C42H64N12O13/c1-5-7-25(37(62)47-20-32(45)58)48-35(61)21-54(4)42(67)29-19-46-33(59)16-17-34(60)49-28(18-23-8-10-24(55)11-9-23)40(65)53-36(22(3)6-2)41(66)51-27(13-15-31(44)57)38(63)50-26(39(64)52-29)12-14-30(43)56/h8-11,22,25-29,36,55H,5-7,12-21H2,1-4H3,(H2,43,56)(H2,44,57)(H2,45,58)(H,46,59)(H,47,62)(H,48,61)(H,49,60)(H,50,63)(H,51,66)(H,52,64)(H,53,65)/t22-,25-,26-,27-,28-,29-,36-/m0/s1. The van der Waals surface area contributed by atoms with E-state index in [0.29, 0.717) is 18.4 Å². The normalized spacial score (nSPS) is 21.0. The van der Waals surface area contributed by atoms with Gasteiger partial charge in [0.2, 0.25) is 70.9 Å². The van der Waals surface area contributed by atoms with Crippen molar-refractivity contribution in [3.05, 3.63) is 29.8 Å². The fraction of sp³-hybridized carbons (Fsp3) is 0.571. The number of carbonyl (C=O) groups is 12. The van der Waals surface area contributed by atoms with Crippen molar-refractivity contribution in [2.45, 2.75) is 121 Å². The van der Waals surface area contributed by atoms with Gasteiger partial charge in [-0.2, -0.15) is 0 Å². The molecule has 1 aliphatic rings. The van der Waals surface area contributed by atoms with Gasteiger partial charge in [0.25, 0.3) is 0 Å². The Hall–Kier alpha value is -7.34. The van der Waals surface area contributed by atoms with Gasteiger partial charge in [-0.05, 0) is 42.9 Å². The van der Waals surface area contributed by atoms with Gasteiger partial charge in [-0.15, -0.1) is 0 Å². The molecule has 0 radical (unpaired) electrons. The third-order valence-electron chi connectivity index (χ3n) is 10.6. The molecular formula is C42H64N12O13.